The molecular formula is C31H37FN6O3. The van der Waals surface area contributed by atoms with Crippen LogP contribution in [0, 0.1) is 0 Å². The molecule has 0 spiro atoms. The Kier molecular flexibility index (Phi) is 7.91. The number of alkyl halides is 1. The predicted octanol–water partition coefficient (Wildman–Crippen LogP) is 3.55. The molecule has 10 heteroatoms. The van der Waals surface area contributed by atoms with E-state index in [9.17, 15) is 14.3 Å². The number of likely N-dealkylation sites (tertiary alicyclic amines) is 1. The van der Waals surface area contributed by atoms with Crippen LogP contribution in [0.5, 0.6) is 11.8 Å². The number of phenolic OH excluding ortho intramolecular Hbond substituents is 1. The highest BCUT2D eigenvalue weighted by molar-refractivity contribution is 5.95. The average Bonchev–Trinajstić information content (AvgIpc) is 3.42. The minimum Gasteiger partial charge on any atom is -0.508 e. The summed E-state index contributed by atoms with van der Waals surface area (Å²) in [7, 11) is 0. The SMILES string of the molecule is C=CC(=O)N1CCN(c2nc(OCCCN3CC[C@H](F)C3)nc3c2CCN(c2cc(O)cc4ccccc24)C3)CC1. The highest BCUT2D eigenvalue weighted by Crippen LogP contribution is 2.36. The number of carbonyl (C=O) groups excluding carboxylic acids is 1. The van der Waals surface area contributed by atoms with Gasteiger partial charge in [0.15, 0.2) is 0 Å². The van der Waals surface area contributed by atoms with Crippen LogP contribution in [0.15, 0.2) is 49.1 Å². The molecule has 1 atom stereocenters. The lowest BCUT2D eigenvalue weighted by Crippen LogP contribution is -2.49. The zero-order valence-electron chi connectivity index (χ0n) is 23.3. The number of benzene rings is 2. The monoisotopic (exact) mass is 560 g/mol. The highest BCUT2D eigenvalue weighted by Gasteiger charge is 2.29. The fourth-order valence-corrected chi connectivity index (χ4v) is 6.16. The molecule has 3 aliphatic heterocycles. The molecule has 9 nitrogen and oxygen atoms in total. The van der Waals surface area contributed by atoms with Gasteiger partial charge in [0, 0.05) is 75.1 Å². The number of rotatable bonds is 8. The van der Waals surface area contributed by atoms with Gasteiger partial charge in [-0.2, -0.15) is 9.97 Å². The molecule has 4 heterocycles. The molecule has 0 aliphatic carbocycles. The highest BCUT2D eigenvalue weighted by atomic mass is 19.1. The smallest absolute Gasteiger partial charge is 0.318 e. The number of ether oxygens (including phenoxy) is 1. The Morgan fingerprint density at radius 3 is 2.71 bits per heavy atom. The van der Waals surface area contributed by atoms with Gasteiger partial charge in [-0.05, 0) is 36.8 Å². The zero-order valence-corrected chi connectivity index (χ0v) is 23.3. The van der Waals surface area contributed by atoms with E-state index in [1.54, 1.807) is 6.07 Å². The number of hydrogen-bond donors (Lipinski definition) is 1. The molecule has 2 aromatic carbocycles. The van der Waals surface area contributed by atoms with Gasteiger partial charge in [-0.25, -0.2) is 4.39 Å². The Morgan fingerprint density at radius 1 is 1.10 bits per heavy atom. The number of aromatic hydroxyl groups is 1. The topological polar surface area (TPSA) is 85.3 Å². The van der Waals surface area contributed by atoms with E-state index in [0.717, 1.165) is 66.0 Å². The van der Waals surface area contributed by atoms with E-state index in [1.807, 2.05) is 29.2 Å². The Hall–Kier alpha value is -3.92. The van der Waals surface area contributed by atoms with E-state index in [2.05, 4.69) is 27.3 Å². The van der Waals surface area contributed by atoms with Crippen LogP contribution in [-0.4, -0.2) is 95.9 Å². The maximum absolute atomic E-state index is 13.5. The lowest BCUT2D eigenvalue weighted by molar-refractivity contribution is -0.126. The van der Waals surface area contributed by atoms with Crippen molar-refractivity contribution >= 4 is 28.2 Å². The number of fused-ring (bicyclic) bond motifs is 2. The molecule has 0 radical (unpaired) electrons. The molecular weight excluding hydrogens is 523 g/mol. The molecule has 2 fully saturated rings. The third kappa shape index (κ3) is 5.93. The molecule has 41 heavy (non-hydrogen) atoms. The van der Waals surface area contributed by atoms with Crippen molar-refractivity contribution in [2.24, 2.45) is 0 Å². The maximum atomic E-state index is 13.5. The number of aromatic nitrogens is 2. The summed E-state index contributed by atoms with van der Waals surface area (Å²) < 4.78 is 19.6. The van der Waals surface area contributed by atoms with Gasteiger partial charge < -0.3 is 29.4 Å². The third-order valence-corrected chi connectivity index (χ3v) is 8.32. The first-order chi connectivity index (χ1) is 20.0. The summed E-state index contributed by atoms with van der Waals surface area (Å²) in [6.45, 7) is 10.0. The van der Waals surface area contributed by atoms with E-state index in [4.69, 9.17) is 14.7 Å². The van der Waals surface area contributed by atoms with Crippen LogP contribution < -0.4 is 14.5 Å². The van der Waals surface area contributed by atoms with Crippen molar-refractivity contribution in [2.75, 3.05) is 68.8 Å². The van der Waals surface area contributed by atoms with Crippen LogP contribution in [0.25, 0.3) is 10.8 Å². The minimum absolute atomic E-state index is 0.0514. The van der Waals surface area contributed by atoms with Gasteiger partial charge in [-0.15, -0.1) is 0 Å². The van der Waals surface area contributed by atoms with E-state index in [0.29, 0.717) is 58.3 Å². The number of halogens is 1. The zero-order chi connectivity index (χ0) is 28.3. The number of piperazine rings is 1. The van der Waals surface area contributed by atoms with Crippen molar-refractivity contribution in [1.29, 1.82) is 0 Å². The van der Waals surface area contributed by atoms with Gasteiger partial charge in [0.2, 0.25) is 5.91 Å². The summed E-state index contributed by atoms with van der Waals surface area (Å²) in [5.41, 5.74) is 2.99. The lowest BCUT2D eigenvalue weighted by atomic mass is 10.0. The Labute approximate surface area is 239 Å². The van der Waals surface area contributed by atoms with Crippen LogP contribution in [0.2, 0.25) is 0 Å². The number of hydrogen-bond acceptors (Lipinski definition) is 8. The standard InChI is InChI=1S/C31H37FN6O3/c1-2-29(40)36-13-15-37(16-14-36)30-26-9-12-38(28-19-24(39)18-22-6-3-4-7-25(22)28)21-27(26)33-31(34-30)41-17-5-10-35-11-8-23(32)20-35/h2-4,6-7,18-19,23,39H,1,5,8-17,20-21H2/t23-/m0/s1. The summed E-state index contributed by atoms with van der Waals surface area (Å²) in [4.78, 5) is 30.3. The lowest BCUT2D eigenvalue weighted by Gasteiger charge is -2.38. The number of phenols is 1. The molecule has 1 aromatic heterocycles. The molecule has 1 amide bonds. The van der Waals surface area contributed by atoms with Crippen molar-refractivity contribution in [3.05, 3.63) is 60.3 Å². The Morgan fingerprint density at radius 2 is 1.93 bits per heavy atom. The Bertz CT molecular complexity index is 1430. The maximum Gasteiger partial charge on any atom is 0.318 e. The quantitative estimate of drug-likeness (QED) is 0.331. The first-order valence-corrected chi connectivity index (χ1v) is 14.5. The molecule has 3 aliphatic rings. The Balaban J connectivity index is 1.24. The van der Waals surface area contributed by atoms with Crippen molar-refractivity contribution in [3.63, 3.8) is 0 Å². The van der Waals surface area contributed by atoms with Gasteiger partial charge in [-0.3, -0.25) is 4.79 Å². The van der Waals surface area contributed by atoms with E-state index < -0.39 is 6.17 Å². The summed E-state index contributed by atoms with van der Waals surface area (Å²) in [5, 5.41) is 12.5. The molecule has 0 bridgehead atoms. The van der Waals surface area contributed by atoms with Crippen LogP contribution in [-0.2, 0) is 17.8 Å². The first-order valence-electron chi connectivity index (χ1n) is 14.5. The predicted molar refractivity (Wildman–Crippen MR) is 157 cm³/mol. The van der Waals surface area contributed by atoms with Crippen molar-refractivity contribution in [2.45, 2.75) is 32.0 Å². The number of carbonyl (C=O) groups is 1. The van der Waals surface area contributed by atoms with Crippen LogP contribution in [0.1, 0.15) is 24.1 Å². The van der Waals surface area contributed by atoms with Gasteiger partial charge in [0.05, 0.1) is 18.8 Å². The van der Waals surface area contributed by atoms with Crippen molar-refractivity contribution < 1.29 is 19.0 Å². The van der Waals surface area contributed by atoms with Gasteiger partial charge in [-0.1, -0.05) is 30.8 Å². The van der Waals surface area contributed by atoms with Crippen molar-refractivity contribution in [1.82, 2.24) is 19.8 Å². The van der Waals surface area contributed by atoms with Crippen LogP contribution in [0.3, 0.4) is 0 Å². The molecule has 216 valence electrons. The normalized spacial score (nSPS) is 19.4. The van der Waals surface area contributed by atoms with E-state index in [-0.39, 0.29) is 11.7 Å². The van der Waals surface area contributed by atoms with Gasteiger partial charge in [0.1, 0.15) is 17.7 Å². The number of amides is 1. The minimum atomic E-state index is -0.726. The average molecular weight is 561 g/mol. The number of nitrogens with zero attached hydrogens (tertiary/aromatic N) is 6. The molecule has 2 saturated heterocycles. The summed E-state index contributed by atoms with van der Waals surface area (Å²) >= 11 is 0. The largest absolute Gasteiger partial charge is 0.508 e. The fourth-order valence-electron chi connectivity index (χ4n) is 6.16. The van der Waals surface area contributed by atoms with E-state index in [1.165, 1.54) is 6.08 Å². The third-order valence-electron chi connectivity index (χ3n) is 8.32. The molecule has 3 aromatic rings. The summed E-state index contributed by atoms with van der Waals surface area (Å²) in [6, 6.07) is 12.0. The number of anilines is 2. The van der Waals surface area contributed by atoms with Crippen molar-refractivity contribution in [3.8, 4) is 11.8 Å². The summed E-state index contributed by atoms with van der Waals surface area (Å²) in [6.07, 6.45) is 2.77. The fraction of sp³-hybridized carbons (Fsp3) is 0.452. The molecule has 6 rings (SSSR count). The second-order valence-corrected chi connectivity index (χ2v) is 11.0. The second kappa shape index (κ2) is 11.9. The summed E-state index contributed by atoms with van der Waals surface area (Å²) in [5.74, 6) is 1.06. The molecule has 0 saturated carbocycles. The van der Waals surface area contributed by atoms with Gasteiger partial charge >= 0.3 is 6.01 Å². The molecule has 1 N–H and O–H groups in total. The van der Waals surface area contributed by atoms with Crippen LogP contribution in [0.4, 0.5) is 15.9 Å². The molecule has 0 unspecified atom stereocenters. The first kappa shape index (κ1) is 27.3. The second-order valence-electron chi connectivity index (χ2n) is 11.0. The van der Waals surface area contributed by atoms with Crippen LogP contribution >= 0.6 is 0 Å². The van der Waals surface area contributed by atoms with Gasteiger partial charge in [0.25, 0.3) is 0 Å². The van der Waals surface area contributed by atoms with E-state index >= 15 is 0 Å².